The normalized spacial score (nSPS) is 17.2. The monoisotopic (exact) mass is 350 g/mol. The summed E-state index contributed by atoms with van der Waals surface area (Å²) in [5.74, 6) is -2.01. The Labute approximate surface area is 140 Å². The highest BCUT2D eigenvalue weighted by Gasteiger charge is 2.25. The Balaban J connectivity index is 0.00000242. The van der Waals surface area contributed by atoms with E-state index in [0.29, 0.717) is 41.2 Å². The number of thioether (sulfide) groups is 1. The Kier molecular flexibility index (Phi) is 7.59. The molecule has 1 aromatic carbocycles. The average Bonchev–Trinajstić information content (AvgIpc) is 2.47. The van der Waals surface area contributed by atoms with Gasteiger partial charge in [0, 0.05) is 29.6 Å². The first kappa shape index (κ1) is 19.2. The lowest BCUT2D eigenvalue weighted by molar-refractivity contribution is 0.0681. The quantitative estimate of drug-likeness (QED) is 0.843. The summed E-state index contributed by atoms with van der Waals surface area (Å²) in [6, 6.07) is 6.53. The average molecular weight is 351 g/mol. The van der Waals surface area contributed by atoms with Crippen LogP contribution in [0.2, 0.25) is 0 Å². The molecule has 22 heavy (non-hydrogen) atoms. The van der Waals surface area contributed by atoms with Gasteiger partial charge < -0.3 is 10.6 Å². The van der Waals surface area contributed by atoms with Crippen LogP contribution in [0.25, 0.3) is 0 Å². The maximum atomic E-state index is 12.3. The van der Waals surface area contributed by atoms with E-state index in [-0.39, 0.29) is 24.4 Å². The van der Waals surface area contributed by atoms with E-state index in [1.807, 2.05) is 11.8 Å². The zero-order chi connectivity index (χ0) is 15.4. The zero-order valence-corrected chi connectivity index (χ0v) is 14.0. The van der Waals surface area contributed by atoms with Gasteiger partial charge in [0.15, 0.2) is 0 Å². The van der Waals surface area contributed by atoms with Crippen LogP contribution in [-0.4, -0.2) is 35.7 Å². The number of hydrogen-bond donors (Lipinski definition) is 1. The molecule has 0 aromatic heterocycles. The van der Waals surface area contributed by atoms with Crippen LogP contribution in [0.5, 0.6) is 0 Å². The molecule has 7 heteroatoms. The van der Waals surface area contributed by atoms with Gasteiger partial charge in [-0.3, -0.25) is 4.79 Å². The fraction of sp³-hybridized carbons (Fsp3) is 0.533. The standard InChI is InChI=1S/C15H20F2N2OS.ClH/c1-10(18)11-6-8-19(9-7-11)14(20)12-2-4-13(5-3-12)21-15(16)17;/h2-5,10-11,15H,6-9,18H2,1H3;1H. The minimum atomic E-state index is -2.44. The minimum Gasteiger partial charge on any atom is -0.339 e. The van der Waals surface area contributed by atoms with Crippen molar-refractivity contribution in [2.75, 3.05) is 13.1 Å². The number of alkyl halides is 2. The molecule has 0 radical (unpaired) electrons. The highest BCUT2D eigenvalue weighted by Crippen LogP contribution is 2.26. The fourth-order valence-electron chi connectivity index (χ4n) is 2.59. The largest absolute Gasteiger partial charge is 0.339 e. The summed E-state index contributed by atoms with van der Waals surface area (Å²) in [5.41, 5.74) is 6.44. The summed E-state index contributed by atoms with van der Waals surface area (Å²) in [4.78, 5) is 14.6. The fourth-order valence-corrected chi connectivity index (χ4v) is 3.09. The van der Waals surface area contributed by atoms with E-state index in [1.165, 1.54) is 0 Å². The number of hydrogen-bond acceptors (Lipinski definition) is 3. The molecule has 1 aliphatic rings. The van der Waals surface area contributed by atoms with Crippen LogP contribution in [0.1, 0.15) is 30.1 Å². The van der Waals surface area contributed by atoms with Gasteiger partial charge in [-0.15, -0.1) is 12.4 Å². The van der Waals surface area contributed by atoms with Crippen LogP contribution in [-0.2, 0) is 0 Å². The molecular formula is C15H21ClF2N2OS. The molecular weight excluding hydrogens is 330 g/mol. The van der Waals surface area contributed by atoms with Gasteiger partial charge in [-0.05, 0) is 49.9 Å². The number of nitrogens with zero attached hydrogens (tertiary/aromatic N) is 1. The minimum absolute atomic E-state index is 0. The van der Waals surface area contributed by atoms with Gasteiger partial charge >= 0.3 is 0 Å². The Bertz CT molecular complexity index is 477. The highest BCUT2D eigenvalue weighted by atomic mass is 35.5. The lowest BCUT2D eigenvalue weighted by Gasteiger charge is -2.33. The van der Waals surface area contributed by atoms with Crippen LogP contribution in [0, 0.1) is 5.92 Å². The first-order valence-corrected chi connectivity index (χ1v) is 7.95. The zero-order valence-electron chi connectivity index (χ0n) is 12.4. The van der Waals surface area contributed by atoms with Gasteiger partial charge in [-0.25, -0.2) is 0 Å². The van der Waals surface area contributed by atoms with Crippen molar-refractivity contribution < 1.29 is 13.6 Å². The number of benzene rings is 1. The maximum absolute atomic E-state index is 12.3. The number of piperidine rings is 1. The second-order valence-corrected chi connectivity index (χ2v) is 6.46. The molecule has 1 atom stereocenters. The molecule has 124 valence electrons. The van der Waals surface area contributed by atoms with Crippen molar-refractivity contribution in [2.45, 2.75) is 36.5 Å². The molecule has 0 aliphatic carbocycles. The van der Waals surface area contributed by atoms with Crippen molar-refractivity contribution in [3.05, 3.63) is 29.8 Å². The van der Waals surface area contributed by atoms with Crippen molar-refractivity contribution in [3.63, 3.8) is 0 Å². The van der Waals surface area contributed by atoms with Crippen LogP contribution in [0.4, 0.5) is 8.78 Å². The van der Waals surface area contributed by atoms with E-state index >= 15 is 0 Å². The lowest BCUT2D eigenvalue weighted by Crippen LogP contribution is -2.42. The topological polar surface area (TPSA) is 46.3 Å². The van der Waals surface area contributed by atoms with Gasteiger partial charge in [0.25, 0.3) is 11.7 Å². The van der Waals surface area contributed by atoms with E-state index in [4.69, 9.17) is 5.73 Å². The molecule has 0 saturated carbocycles. The molecule has 2 rings (SSSR count). The van der Waals surface area contributed by atoms with Crippen molar-refractivity contribution in [1.82, 2.24) is 4.90 Å². The molecule has 1 amide bonds. The molecule has 1 fully saturated rings. The van der Waals surface area contributed by atoms with Gasteiger partial charge in [0.05, 0.1) is 0 Å². The molecule has 1 heterocycles. The molecule has 1 aliphatic heterocycles. The summed E-state index contributed by atoms with van der Waals surface area (Å²) in [6.07, 6.45) is 1.84. The third-order valence-corrected chi connectivity index (χ3v) is 4.62. The van der Waals surface area contributed by atoms with Crippen molar-refractivity contribution >= 4 is 30.1 Å². The van der Waals surface area contributed by atoms with Crippen LogP contribution >= 0.6 is 24.2 Å². The molecule has 1 aromatic rings. The molecule has 3 nitrogen and oxygen atoms in total. The highest BCUT2D eigenvalue weighted by molar-refractivity contribution is 7.99. The van der Waals surface area contributed by atoms with Crippen LogP contribution < -0.4 is 5.73 Å². The third-order valence-electron chi connectivity index (χ3n) is 3.90. The molecule has 1 unspecified atom stereocenters. The third kappa shape index (κ3) is 5.11. The van der Waals surface area contributed by atoms with Crippen molar-refractivity contribution in [2.24, 2.45) is 11.7 Å². The van der Waals surface area contributed by atoms with E-state index in [0.717, 1.165) is 12.8 Å². The first-order valence-electron chi connectivity index (χ1n) is 7.07. The van der Waals surface area contributed by atoms with Crippen LogP contribution in [0.15, 0.2) is 29.2 Å². The summed E-state index contributed by atoms with van der Waals surface area (Å²) < 4.78 is 24.5. The second-order valence-electron chi connectivity index (χ2n) is 5.39. The number of carbonyl (C=O) groups is 1. The van der Waals surface area contributed by atoms with Gasteiger partial charge in [-0.2, -0.15) is 8.78 Å². The van der Waals surface area contributed by atoms with E-state index in [9.17, 15) is 13.6 Å². The SMILES string of the molecule is CC(N)C1CCN(C(=O)c2ccc(SC(F)F)cc2)CC1.Cl. The van der Waals surface area contributed by atoms with E-state index in [2.05, 4.69) is 0 Å². The Hall–Kier alpha value is -0.850. The van der Waals surface area contributed by atoms with Crippen LogP contribution in [0.3, 0.4) is 0 Å². The second kappa shape index (κ2) is 8.70. The van der Waals surface area contributed by atoms with Gasteiger partial charge in [-0.1, -0.05) is 11.8 Å². The number of amides is 1. The van der Waals surface area contributed by atoms with E-state index < -0.39 is 5.76 Å². The van der Waals surface area contributed by atoms with Crippen molar-refractivity contribution in [1.29, 1.82) is 0 Å². The number of carbonyl (C=O) groups excluding carboxylic acids is 1. The Morgan fingerprint density at radius 3 is 2.27 bits per heavy atom. The predicted octanol–water partition coefficient (Wildman–Crippen LogP) is 3.62. The summed E-state index contributed by atoms with van der Waals surface area (Å²) >= 11 is 0.486. The summed E-state index contributed by atoms with van der Waals surface area (Å²) in [6.45, 7) is 3.42. The summed E-state index contributed by atoms with van der Waals surface area (Å²) in [5, 5.41) is 0. The smallest absolute Gasteiger partial charge is 0.288 e. The Morgan fingerprint density at radius 2 is 1.82 bits per heavy atom. The summed E-state index contributed by atoms with van der Waals surface area (Å²) in [7, 11) is 0. The molecule has 0 spiro atoms. The maximum Gasteiger partial charge on any atom is 0.288 e. The first-order chi connectivity index (χ1) is 9.97. The lowest BCUT2D eigenvalue weighted by atomic mass is 9.90. The molecule has 1 saturated heterocycles. The number of halogens is 3. The van der Waals surface area contributed by atoms with Gasteiger partial charge in [0.2, 0.25) is 0 Å². The molecule has 2 N–H and O–H groups in total. The van der Waals surface area contributed by atoms with Gasteiger partial charge in [0.1, 0.15) is 0 Å². The number of likely N-dealkylation sites (tertiary alicyclic amines) is 1. The van der Waals surface area contributed by atoms with Crippen molar-refractivity contribution in [3.8, 4) is 0 Å². The Morgan fingerprint density at radius 1 is 1.27 bits per heavy atom. The molecule has 0 bridgehead atoms. The van der Waals surface area contributed by atoms with E-state index in [1.54, 1.807) is 24.3 Å². The number of rotatable bonds is 4. The number of nitrogens with two attached hydrogens (primary N) is 1. The predicted molar refractivity (Wildman–Crippen MR) is 87.8 cm³/mol.